The molecule has 3 N–H and O–H groups in total. The lowest BCUT2D eigenvalue weighted by Crippen LogP contribution is -2.50. The Bertz CT molecular complexity index is 1360. The minimum atomic E-state index is -1.37. The summed E-state index contributed by atoms with van der Waals surface area (Å²) >= 11 is 0. The Balaban J connectivity index is 1.64. The normalized spacial score (nSPS) is 15.6. The summed E-state index contributed by atoms with van der Waals surface area (Å²) in [6.45, 7) is 3.06. The fourth-order valence-electron chi connectivity index (χ4n) is 4.23. The van der Waals surface area contributed by atoms with Crippen LogP contribution >= 0.6 is 0 Å². The Morgan fingerprint density at radius 3 is 2.46 bits per heavy atom. The van der Waals surface area contributed by atoms with Gasteiger partial charge in [0.25, 0.3) is 5.91 Å². The number of benzene rings is 3. The maximum atomic E-state index is 13.9. The molecule has 0 saturated heterocycles. The van der Waals surface area contributed by atoms with E-state index in [1.807, 2.05) is 12.1 Å². The molecule has 0 radical (unpaired) electrons. The number of fused-ring (bicyclic) bond motifs is 3. The number of nitrogens with one attached hydrogen (secondary N) is 1. The Morgan fingerprint density at radius 1 is 1.03 bits per heavy atom. The predicted molar refractivity (Wildman–Crippen MR) is 125 cm³/mol. The van der Waals surface area contributed by atoms with Crippen LogP contribution in [0.3, 0.4) is 0 Å². The summed E-state index contributed by atoms with van der Waals surface area (Å²) in [6.07, 6.45) is -0.625. The first kappa shape index (κ1) is 24.0. The van der Waals surface area contributed by atoms with E-state index in [2.05, 4.69) is 5.32 Å². The lowest BCUT2D eigenvalue weighted by Gasteiger charge is -2.26. The van der Waals surface area contributed by atoms with Crippen LogP contribution in [0.25, 0.3) is 11.1 Å². The van der Waals surface area contributed by atoms with Gasteiger partial charge in [-0.15, -0.1) is 0 Å². The number of hydrogen-bond donors (Lipinski definition) is 2. The molecule has 0 aliphatic carbocycles. The standard InChI is InChI=1S/C26H22F3N3O3/c1-13-16-6-3-4-7-17(16)24-21(30)8-5-9-22(24)32(25(13)34)26(35)14(2)31-23(33)11-15-10-19(28)20(29)12-18(15)27/h3-10,12-14H,11,30H2,1-2H3,(H,31,33)/t13?,14-/m0/s1. The van der Waals surface area contributed by atoms with E-state index < -0.39 is 53.6 Å². The van der Waals surface area contributed by atoms with Crippen molar-refractivity contribution in [2.45, 2.75) is 32.2 Å². The molecule has 0 fully saturated rings. The van der Waals surface area contributed by atoms with Gasteiger partial charge in [0.1, 0.15) is 11.9 Å². The molecule has 0 aromatic heterocycles. The van der Waals surface area contributed by atoms with Crippen LogP contribution in [0, 0.1) is 17.5 Å². The van der Waals surface area contributed by atoms with Gasteiger partial charge < -0.3 is 11.1 Å². The summed E-state index contributed by atoms with van der Waals surface area (Å²) in [4.78, 5) is 40.4. The predicted octanol–water partition coefficient (Wildman–Crippen LogP) is 4.08. The number of amides is 3. The summed E-state index contributed by atoms with van der Waals surface area (Å²) < 4.78 is 40.6. The molecule has 0 saturated carbocycles. The van der Waals surface area contributed by atoms with Gasteiger partial charge in [-0.1, -0.05) is 30.3 Å². The van der Waals surface area contributed by atoms with Crippen LogP contribution in [0.4, 0.5) is 24.5 Å². The van der Waals surface area contributed by atoms with Crippen molar-refractivity contribution >= 4 is 29.1 Å². The largest absolute Gasteiger partial charge is 0.398 e. The summed E-state index contributed by atoms with van der Waals surface area (Å²) in [5.74, 6) is -6.46. The number of nitrogens with two attached hydrogens (primary N) is 1. The molecular formula is C26H22F3N3O3. The molecule has 1 unspecified atom stereocenters. The first-order valence-electron chi connectivity index (χ1n) is 10.9. The van der Waals surface area contributed by atoms with Crippen LogP contribution in [0.2, 0.25) is 0 Å². The van der Waals surface area contributed by atoms with E-state index >= 15 is 0 Å². The number of carbonyl (C=O) groups excluding carboxylic acids is 3. The van der Waals surface area contributed by atoms with E-state index in [0.29, 0.717) is 28.9 Å². The highest BCUT2D eigenvalue weighted by Gasteiger charge is 2.37. The lowest BCUT2D eigenvalue weighted by molar-refractivity contribution is -0.131. The second-order valence-corrected chi connectivity index (χ2v) is 8.39. The zero-order valence-corrected chi connectivity index (χ0v) is 18.9. The maximum absolute atomic E-state index is 13.9. The lowest BCUT2D eigenvalue weighted by atomic mass is 9.92. The van der Waals surface area contributed by atoms with E-state index in [-0.39, 0.29) is 11.3 Å². The number of nitrogen functional groups attached to an aromatic ring is 1. The van der Waals surface area contributed by atoms with Crippen LogP contribution in [-0.4, -0.2) is 23.8 Å². The van der Waals surface area contributed by atoms with Gasteiger partial charge >= 0.3 is 0 Å². The van der Waals surface area contributed by atoms with Crippen molar-refractivity contribution < 1.29 is 27.6 Å². The molecule has 4 rings (SSSR count). The molecule has 9 heteroatoms. The highest BCUT2D eigenvalue weighted by atomic mass is 19.2. The topological polar surface area (TPSA) is 92.5 Å². The molecule has 35 heavy (non-hydrogen) atoms. The maximum Gasteiger partial charge on any atom is 0.256 e. The van der Waals surface area contributed by atoms with Crippen LogP contribution in [0.5, 0.6) is 0 Å². The zero-order chi connectivity index (χ0) is 25.4. The zero-order valence-electron chi connectivity index (χ0n) is 18.9. The highest BCUT2D eigenvalue weighted by molar-refractivity contribution is 6.22. The number of halogens is 3. The molecule has 180 valence electrons. The second kappa shape index (κ2) is 9.25. The van der Waals surface area contributed by atoms with Crippen molar-refractivity contribution in [1.29, 1.82) is 0 Å². The van der Waals surface area contributed by atoms with Crippen LogP contribution in [0.1, 0.15) is 30.9 Å². The summed E-state index contributed by atoms with van der Waals surface area (Å²) in [7, 11) is 0. The van der Waals surface area contributed by atoms with E-state index in [9.17, 15) is 27.6 Å². The molecule has 3 aromatic rings. The van der Waals surface area contributed by atoms with Gasteiger partial charge in [-0.05, 0) is 43.2 Å². The number of hydrogen-bond acceptors (Lipinski definition) is 4. The monoisotopic (exact) mass is 481 g/mol. The van der Waals surface area contributed by atoms with Gasteiger partial charge in [0, 0.05) is 22.9 Å². The van der Waals surface area contributed by atoms with Crippen LogP contribution in [0.15, 0.2) is 54.6 Å². The fourth-order valence-corrected chi connectivity index (χ4v) is 4.23. The van der Waals surface area contributed by atoms with Gasteiger partial charge in [-0.3, -0.25) is 14.4 Å². The Hall–Kier alpha value is -4.14. The summed E-state index contributed by atoms with van der Waals surface area (Å²) in [5, 5.41) is 2.41. The quantitative estimate of drug-likeness (QED) is 0.434. The van der Waals surface area contributed by atoms with Gasteiger partial charge in [0.05, 0.1) is 18.0 Å². The Morgan fingerprint density at radius 2 is 1.71 bits per heavy atom. The van der Waals surface area contributed by atoms with E-state index in [1.54, 1.807) is 37.3 Å². The molecule has 1 aliphatic rings. The molecule has 1 heterocycles. The third kappa shape index (κ3) is 4.37. The Kier molecular flexibility index (Phi) is 6.34. The van der Waals surface area contributed by atoms with Gasteiger partial charge in [0.15, 0.2) is 11.6 Å². The first-order valence-corrected chi connectivity index (χ1v) is 10.9. The minimum absolute atomic E-state index is 0.282. The molecule has 1 aliphatic heterocycles. The minimum Gasteiger partial charge on any atom is -0.398 e. The van der Waals surface area contributed by atoms with Gasteiger partial charge in [0.2, 0.25) is 11.8 Å². The van der Waals surface area contributed by atoms with E-state index in [0.717, 1.165) is 10.5 Å². The van der Waals surface area contributed by atoms with Crippen molar-refractivity contribution in [2.75, 3.05) is 10.6 Å². The molecule has 2 atom stereocenters. The van der Waals surface area contributed by atoms with E-state index in [4.69, 9.17) is 5.73 Å². The summed E-state index contributed by atoms with van der Waals surface area (Å²) in [5.41, 5.74) is 8.49. The molecule has 6 nitrogen and oxygen atoms in total. The second-order valence-electron chi connectivity index (χ2n) is 8.39. The average molecular weight is 481 g/mol. The molecule has 0 bridgehead atoms. The third-order valence-electron chi connectivity index (χ3n) is 6.01. The third-order valence-corrected chi connectivity index (χ3v) is 6.01. The van der Waals surface area contributed by atoms with Crippen molar-refractivity contribution in [1.82, 2.24) is 5.32 Å². The van der Waals surface area contributed by atoms with Crippen LogP contribution < -0.4 is 16.0 Å². The first-order chi connectivity index (χ1) is 16.6. The van der Waals surface area contributed by atoms with Gasteiger partial charge in [-0.25, -0.2) is 18.1 Å². The van der Waals surface area contributed by atoms with E-state index in [1.165, 1.54) is 6.92 Å². The van der Waals surface area contributed by atoms with Crippen molar-refractivity contribution in [2.24, 2.45) is 0 Å². The fraction of sp³-hybridized carbons (Fsp3) is 0.192. The number of rotatable bonds is 4. The highest BCUT2D eigenvalue weighted by Crippen LogP contribution is 2.44. The number of imide groups is 1. The van der Waals surface area contributed by atoms with Crippen molar-refractivity contribution in [3.63, 3.8) is 0 Å². The molecular weight excluding hydrogens is 459 g/mol. The molecule has 3 aromatic carbocycles. The molecule has 3 amide bonds. The number of nitrogens with zero attached hydrogens (tertiary/aromatic N) is 1. The Labute approximate surface area is 199 Å². The number of carbonyl (C=O) groups is 3. The SMILES string of the molecule is CC1C(=O)N(C(=O)[C@H](C)NC(=O)Cc2cc(F)c(F)cc2F)c2cccc(N)c2-c2ccccc21. The van der Waals surface area contributed by atoms with Gasteiger partial charge in [-0.2, -0.15) is 0 Å². The van der Waals surface area contributed by atoms with Crippen LogP contribution in [-0.2, 0) is 20.8 Å². The summed E-state index contributed by atoms with van der Waals surface area (Å²) in [6, 6.07) is 11.9. The van der Waals surface area contributed by atoms with Crippen molar-refractivity contribution in [3.05, 3.63) is 83.2 Å². The smallest absolute Gasteiger partial charge is 0.256 e. The number of anilines is 2. The molecule has 0 spiro atoms. The van der Waals surface area contributed by atoms with Crippen molar-refractivity contribution in [3.8, 4) is 11.1 Å². The average Bonchev–Trinajstić information content (AvgIpc) is 2.91.